The molecule has 1 unspecified atom stereocenters. The van der Waals surface area contributed by atoms with Crippen molar-refractivity contribution < 1.29 is 9.90 Å². The lowest BCUT2D eigenvalue weighted by Crippen LogP contribution is -2.34. The lowest BCUT2D eigenvalue weighted by molar-refractivity contribution is -0.114. The number of phenols is 1. The molecule has 0 bridgehead atoms. The number of aromatic hydroxyl groups is 1. The van der Waals surface area contributed by atoms with Crippen LogP contribution >= 0.6 is 15.9 Å². The Bertz CT molecular complexity index is 482. The van der Waals surface area contributed by atoms with Crippen molar-refractivity contribution in [2.75, 3.05) is 11.9 Å². The average molecular weight is 313 g/mol. The van der Waals surface area contributed by atoms with Gasteiger partial charge in [0.25, 0.3) is 0 Å². The zero-order chi connectivity index (χ0) is 13.3. The van der Waals surface area contributed by atoms with Gasteiger partial charge in [0.2, 0.25) is 5.91 Å². The van der Waals surface area contributed by atoms with Gasteiger partial charge in [-0.05, 0) is 38.4 Å². The number of nitrogens with one attached hydrogen (secondary N) is 2. The number of rotatable bonds is 2. The first-order chi connectivity index (χ1) is 8.44. The van der Waals surface area contributed by atoms with Crippen LogP contribution in [-0.4, -0.2) is 17.6 Å². The van der Waals surface area contributed by atoms with Gasteiger partial charge in [0, 0.05) is 22.5 Å². The Hall–Kier alpha value is -1.07. The summed E-state index contributed by atoms with van der Waals surface area (Å²) in [6.45, 7) is 4.47. The standard InChI is InChI=1S/C13H17BrN2O2/c1-8(17)16-12-10(18)5-4-9(14)11(12)13(2)6-3-7-15-13/h4-5,15,18H,3,6-7H2,1-2H3,(H,16,17). The molecule has 1 aliphatic rings. The Kier molecular flexibility index (Phi) is 3.64. The third-order valence-electron chi connectivity index (χ3n) is 3.35. The summed E-state index contributed by atoms with van der Waals surface area (Å²) in [5, 5.41) is 16.1. The molecule has 1 aliphatic heterocycles. The Morgan fingerprint density at radius 1 is 1.56 bits per heavy atom. The number of carbonyl (C=O) groups excluding carboxylic acids is 1. The van der Waals surface area contributed by atoms with Gasteiger partial charge in [0.1, 0.15) is 5.75 Å². The molecule has 2 rings (SSSR count). The Morgan fingerprint density at radius 2 is 2.28 bits per heavy atom. The van der Waals surface area contributed by atoms with Crippen LogP contribution in [0.4, 0.5) is 5.69 Å². The van der Waals surface area contributed by atoms with Crippen LogP contribution in [0.5, 0.6) is 5.75 Å². The maximum absolute atomic E-state index is 11.3. The fourth-order valence-electron chi connectivity index (χ4n) is 2.52. The molecule has 1 aromatic rings. The molecule has 5 heteroatoms. The highest BCUT2D eigenvalue weighted by molar-refractivity contribution is 9.10. The van der Waals surface area contributed by atoms with Crippen molar-refractivity contribution in [1.29, 1.82) is 0 Å². The van der Waals surface area contributed by atoms with E-state index in [1.54, 1.807) is 12.1 Å². The molecule has 1 amide bonds. The van der Waals surface area contributed by atoms with Crippen molar-refractivity contribution in [2.45, 2.75) is 32.2 Å². The van der Waals surface area contributed by atoms with E-state index in [2.05, 4.69) is 33.5 Å². The number of hydrogen-bond donors (Lipinski definition) is 3. The zero-order valence-electron chi connectivity index (χ0n) is 10.5. The molecule has 0 aromatic heterocycles. The van der Waals surface area contributed by atoms with Gasteiger partial charge in [-0.15, -0.1) is 0 Å². The van der Waals surface area contributed by atoms with Crippen molar-refractivity contribution >= 4 is 27.5 Å². The minimum absolute atomic E-state index is 0.0957. The first-order valence-electron chi connectivity index (χ1n) is 5.98. The molecule has 1 saturated heterocycles. The Labute approximate surface area is 115 Å². The van der Waals surface area contributed by atoms with E-state index in [1.165, 1.54) is 6.92 Å². The van der Waals surface area contributed by atoms with E-state index >= 15 is 0 Å². The van der Waals surface area contributed by atoms with E-state index in [1.807, 2.05) is 0 Å². The molecular weight excluding hydrogens is 296 g/mol. The monoisotopic (exact) mass is 312 g/mol. The summed E-state index contributed by atoms with van der Waals surface area (Å²) >= 11 is 3.51. The van der Waals surface area contributed by atoms with Gasteiger partial charge in [-0.1, -0.05) is 15.9 Å². The average Bonchev–Trinajstić information content (AvgIpc) is 2.71. The van der Waals surface area contributed by atoms with Crippen LogP contribution in [0.25, 0.3) is 0 Å². The smallest absolute Gasteiger partial charge is 0.221 e. The predicted molar refractivity (Wildman–Crippen MR) is 74.7 cm³/mol. The van der Waals surface area contributed by atoms with Gasteiger partial charge in [-0.25, -0.2) is 0 Å². The van der Waals surface area contributed by atoms with E-state index < -0.39 is 0 Å². The molecular formula is C13H17BrN2O2. The maximum Gasteiger partial charge on any atom is 0.221 e. The normalized spacial score (nSPS) is 23.1. The van der Waals surface area contributed by atoms with Gasteiger partial charge in [-0.3, -0.25) is 4.79 Å². The Balaban J connectivity index is 2.56. The molecule has 4 nitrogen and oxygen atoms in total. The quantitative estimate of drug-likeness (QED) is 0.736. The van der Waals surface area contributed by atoms with Crippen molar-refractivity contribution in [3.05, 3.63) is 22.2 Å². The van der Waals surface area contributed by atoms with Crippen LogP contribution in [0.2, 0.25) is 0 Å². The van der Waals surface area contributed by atoms with E-state index in [-0.39, 0.29) is 17.2 Å². The fourth-order valence-corrected chi connectivity index (χ4v) is 3.28. The first kappa shape index (κ1) is 13.4. The molecule has 18 heavy (non-hydrogen) atoms. The fraction of sp³-hybridized carbons (Fsp3) is 0.462. The summed E-state index contributed by atoms with van der Waals surface area (Å²) in [6, 6.07) is 3.39. The summed E-state index contributed by atoms with van der Waals surface area (Å²) in [4.78, 5) is 11.3. The van der Waals surface area contributed by atoms with Gasteiger partial charge < -0.3 is 15.7 Å². The minimum Gasteiger partial charge on any atom is -0.506 e. The lowest BCUT2D eigenvalue weighted by Gasteiger charge is -2.29. The second kappa shape index (κ2) is 4.90. The number of halogens is 1. The molecule has 98 valence electrons. The molecule has 1 aromatic carbocycles. The molecule has 1 heterocycles. The highest BCUT2D eigenvalue weighted by Crippen LogP contribution is 2.43. The van der Waals surface area contributed by atoms with Crippen LogP contribution in [0.3, 0.4) is 0 Å². The third-order valence-corrected chi connectivity index (χ3v) is 4.01. The minimum atomic E-state index is -0.227. The van der Waals surface area contributed by atoms with Gasteiger partial charge in [-0.2, -0.15) is 0 Å². The van der Waals surface area contributed by atoms with Crippen LogP contribution in [0.15, 0.2) is 16.6 Å². The molecule has 3 N–H and O–H groups in total. The van der Waals surface area contributed by atoms with E-state index in [0.29, 0.717) is 5.69 Å². The number of carbonyl (C=O) groups is 1. The number of amides is 1. The molecule has 0 saturated carbocycles. The van der Waals surface area contributed by atoms with Gasteiger partial charge in [0.15, 0.2) is 0 Å². The van der Waals surface area contributed by atoms with Crippen molar-refractivity contribution in [2.24, 2.45) is 0 Å². The number of benzene rings is 1. The molecule has 0 spiro atoms. The predicted octanol–water partition coefficient (Wildman–Crippen LogP) is 2.71. The summed E-state index contributed by atoms with van der Waals surface area (Å²) in [5.41, 5.74) is 1.18. The molecule has 0 radical (unpaired) electrons. The summed E-state index contributed by atoms with van der Waals surface area (Å²) in [5.74, 6) is -0.0930. The second-order valence-electron chi connectivity index (χ2n) is 4.86. The van der Waals surface area contributed by atoms with E-state index in [4.69, 9.17) is 0 Å². The molecule has 1 fully saturated rings. The highest BCUT2D eigenvalue weighted by atomic mass is 79.9. The Morgan fingerprint density at radius 3 is 2.83 bits per heavy atom. The van der Waals surface area contributed by atoms with Crippen LogP contribution in [-0.2, 0) is 10.3 Å². The SMILES string of the molecule is CC(=O)Nc1c(O)ccc(Br)c1C1(C)CCCN1. The zero-order valence-corrected chi connectivity index (χ0v) is 12.1. The highest BCUT2D eigenvalue weighted by Gasteiger charge is 2.35. The summed E-state index contributed by atoms with van der Waals surface area (Å²) < 4.78 is 0.890. The third kappa shape index (κ3) is 2.37. The van der Waals surface area contributed by atoms with Crippen LogP contribution in [0.1, 0.15) is 32.3 Å². The lowest BCUT2D eigenvalue weighted by atomic mass is 9.88. The van der Waals surface area contributed by atoms with E-state index in [0.717, 1.165) is 29.4 Å². The molecule has 0 aliphatic carbocycles. The van der Waals surface area contributed by atoms with Crippen molar-refractivity contribution in [1.82, 2.24) is 5.32 Å². The number of phenolic OH excluding ortho intramolecular Hbond substituents is 1. The van der Waals surface area contributed by atoms with E-state index in [9.17, 15) is 9.90 Å². The van der Waals surface area contributed by atoms with Gasteiger partial charge >= 0.3 is 0 Å². The summed E-state index contributed by atoms with van der Waals surface area (Å²) in [7, 11) is 0. The van der Waals surface area contributed by atoms with Crippen LogP contribution in [0, 0.1) is 0 Å². The largest absolute Gasteiger partial charge is 0.506 e. The topological polar surface area (TPSA) is 61.4 Å². The van der Waals surface area contributed by atoms with Gasteiger partial charge in [0.05, 0.1) is 5.69 Å². The second-order valence-corrected chi connectivity index (χ2v) is 5.71. The number of anilines is 1. The summed E-state index contributed by atoms with van der Waals surface area (Å²) in [6.07, 6.45) is 2.06. The number of hydrogen-bond acceptors (Lipinski definition) is 3. The molecule has 1 atom stereocenters. The van der Waals surface area contributed by atoms with Crippen LogP contribution < -0.4 is 10.6 Å². The van der Waals surface area contributed by atoms with Crippen molar-refractivity contribution in [3.8, 4) is 5.75 Å². The first-order valence-corrected chi connectivity index (χ1v) is 6.78. The van der Waals surface area contributed by atoms with Crippen molar-refractivity contribution in [3.63, 3.8) is 0 Å². The maximum atomic E-state index is 11.3.